The highest BCUT2D eigenvalue weighted by atomic mass is 79.9. The van der Waals surface area contributed by atoms with Crippen molar-refractivity contribution in [2.45, 2.75) is 29.9 Å². The lowest BCUT2D eigenvalue weighted by molar-refractivity contribution is 0.451. The predicted molar refractivity (Wildman–Crippen MR) is 77.5 cm³/mol. The maximum absolute atomic E-state index is 6.22. The van der Waals surface area contributed by atoms with Gasteiger partial charge >= 0.3 is 0 Å². The zero-order valence-electron chi connectivity index (χ0n) is 10.0. The fourth-order valence-electron chi connectivity index (χ4n) is 1.68. The van der Waals surface area contributed by atoms with Crippen LogP contribution >= 0.6 is 27.7 Å². The van der Waals surface area contributed by atoms with Gasteiger partial charge in [-0.05, 0) is 18.1 Å². The number of nitrogens with zero attached hydrogens (tertiary/aromatic N) is 1. The maximum Gasteiger partial charge on any atom is 0.256 e. The van der Waals surface area contributed by atoms with Crippen LogP contribution in [0.15, 0.2) is 50.8 Å². The van der Waals surface area contributed by atoms with Gasteiger partial charge in [-0.25, -0.2) is 4.98 Å². The summed E-state index contributed by atoms with van der Waals surface area (Å²) in [7, 11) is 0. The lowest BCUT2D eigenvalue weighted by Crippen LogP contribution is -2.25. The molecule has 2 rings (SSSR count). The van der Waals surface area contributed by atoms with Gasteiger partial charge < -0.3 is 10.2 Å². The van der Waals surface area contributed by atoms with E-state index in [-0.39, 0.29) is 11.3 Å². The zero-order valence-corrected chi connectivity index (χ0v) is 12.4. The summed E-state index contributed by atoms with van der Waals surface area (Å²) >= 11 is 5.14. The van der Waals surface area contributed by atoms with Crippen LogP contribution in [0.1, 0.15) is 24.2 Å². The number of halogens is 1. The van der Waals surface area contributed by atoms with E-state index in [0.717, 1.165) is 10.9 Å². The van der Waals surface area contributed by atoms with Crippen molar-refractivity contribution in [1.82, 2.24) is 4.98 Å². The molecule has 0 aliphatic heterocycles. The summed E-state index contributed by atoms with van der Waals surface area (Å²) in [6.45, 7) is 2.09. The van der Waals surface area contributed by atoms with Crippen LogP contribution in [0, 0.1) is 0 Å². The summed E-state index contributed by atoms with van der Waals surface area (Å²) in [6.07, 6.45) is 4.13. The molecule has 0 amide bonds. The van der Waals surface area contributed by atoms with Crippen molar-refractivity contribution in [3.05, 3.63) is 46.8 Å². The Hall–Kier alpha value is -0.780. The molecule has 0 saturated heterocycles. The minimum atomic E-state index is 0.0561. The van der Waals surface area contributed by atoms with Crippen LogP contribution in [0.5, 0.6) is 0 Å². The van der Waals surface area contributed by atoms with E-state index in [1.807, 2.05) is 18.2 Å². The molecular weight excluding hydrogens is 312 g/mol. The van der Waals surface area contributed by atoms with E-state index in [1.165, 1.54) is 5.56 Å². The largest absolute Gasteiger partial charge is 0.440 e. The highest BCUT2D eigenvalue weighted by molar-refractivity contribution is 9.10. The standard InChI is InChI=1S/C13H15BrN2OS/c1-2-11(15)12(18-13-16-7-8-17-13)9-5-3-4-6-10(9)14/h3-8,11-12H,2,15H2,1H3. The average Bonchev–Trinajstić information content (AvgIpc) is 2.89. The van der Waals surface area contributed by atoms with Crippen LogP contribution < -0.4 is 5.73 Å². The summed E-state index contributed by atoms with van der Waals surface area (Å²) in [5, 5.41) is 0.781. The minimum absolute atomic E-state index is 0.0561. The molecule has 0 saturated carbocycles. The Morgan fingerprint density at radius 2 is 2.22 bits per heavy atom. The zero-order chi connectivity index (χ0) is 13.0. The van der Waals surface area contributed by atoms with Crippen molar-refractivity contribution in [2.75, 3.05) is 0 Å². The Balaban J connectivity index is 2.28. The van der Waals surface area contributed by atoms with Crippen LogP contribution in [-0.4, -0.2) is 11.0 Å². The first-order chi connectivity index (χ1) is 8.72. The van der Waals surface area contributed by atoms with Gasteiger partial charge in [0.25, 0.3) is 5.22 Å². The number of aromatic nitrogens is 1. The number of rotatable bonds is 5. The molecule has 0 aliphatic rings. The lowest BCUT2D eigenvalue weighted by atomic mass is 10.0. The Labute approximate surface area is 119 Å². The Morgan fingerprint density at radius 3 is 2.83 bits per heavy atom. The monoisotopic (exact) mass is 326 g/mol. The summed E-state index contributed by atoms with van der Waals surface area (Å²) in [4.78, 5) is 4.15. The molecular formula is C13H15BrN2OS. The Morgan fingerprint density at radius 1 is 1.44 bits per heavy atom. The van der Waals surface area contributed by atoms with Crippen molar-refractivity contribution in [2.24, 2.45) is 5.73 Å². The number of hydrogen-bond donors (Lipinski definition) is 1. The smallest absolute Gasteiger partial charge is 0.256 e. The lowest BCUT2D eigenvalue weighted by Gasteiger charge is -2.22. The fourth-order valence-corrected chi connectivity index (χ4v) is 3.51. The summed E-state index contributed by atoms with van der Waals surface area (Å²) in [5.41, 5.74) is 7.40. The molecule has 0 bridgehead atoms. The van der Waals surface area contributed by atoms with E-state index < -0.39 is 0 Å². The van der Waals surface area contributed by atoms with Gasteiger partial charge in [-0.3, -0.25) is 0 Å². The highest BCUT2D eigenvalue weighted by Crippen LogP contribution is 2.40. The van der Waals surface area contributed by atoms with Crippen LogP contribution in [-0.2, 0) is 0 Å². The molecule has 96 valence electrons. The maximum atomic E-state index is 6.22. The second kappa shape index (κ2) is 6.41. The molecule has 18 heavy (non-hydrogen) atoms. The SMILES string of the molecule is CCC(N)C(Sc1ncco1)c1ccccc1Br. The molecule has 0 aliphatic carbocycles. The predicted octanol–water partition coefficient (Wildman–Crippen LogP) is 4.01. The van der Waals surface area contributed by atoms with E-state index >= 15 is 0 Å². The van der Waals surface area contributed by atoms with Crippen LogP contribution in [0.3, 0.4) is 0 Å². The van der Waals surface area contributed by atoms with E-state index in [4.69, 9.17) is 10.2 Å². The first-order valence-corrected chi connectivity index (χ1v) is 7.45. The second-order valence-electron chi connectivity index (χ2n) is 3.93. The van der Waals surface area contributed by atoms with E-state index in [9.17, 15) is 0 Å². The molecule has 1 aromatic heterocycles. The first kappa shape index (κ1) is 13.6. The molecule has 2 aromatic rings. The third kappa shape index (κ3) is 3.16. The quantitative estimate of drug-likeness (QED) is 0.843. The first-order valence-electron chi connectivity index (χ1n) is 5.78. The van der Waals surface area contributed by atoms with E-state index in [1.54, 1.807) is 24.2 Å². The van der Waals surface area contributed by atoms with Gasteiger partial charge in [-0.1, -0.05) is 52.8 Å². The van der Waals surface area contributed by atoms with Crippen molar-refractivity contribution >= 4 is 27.7 Å². The van der Waals surface area contributed by atoms with Crippen molar-refractivity contribution < 1.29 is 4.42 Å². The van der Waals surface area contributed by atoms with Gasteiger partial charge in [-0.15, -0.1) is 0 Å². The van der Waals surface area contributed by atoms with Crippen molar-refractivity contribution in [1.29, 1.82) is 0 Å². The minimum Gasteiger partial charge on any atom is -0.440 e. The van der Waals surface area contributed by atoms with Crippen molar-refractivity contribution in [3.8, 4) is 0 Å². The summed E-state index contributed by atoms with van der Waals surface area (Å²) < 4.78 is 6.37. The molecule has 5 heteroatoms. The van der Waals surface area contributed by atoms with E-state index in [2.05, 4.69) is 33.9 Å². The third-order valence-electron chi connectivity index (χ3n) is 2.71. The molecule has 0 radical (unpaired) electrons. The Kier molecular flexibility index (Phi) is 4.86. The normalized spacial score (nSPS) is 14.4. The third-order valence-corrected chi connectivity index (χ3v) is 4.69. The van der Waals surface area contributed by atoms with Gasteiger partial charge in [0.15, 0.2) is 0 Å². The molecule has 3 nitrogen and oxygen atoms in total. The average molecular weight is 327 g/mol. The summed E-state index contributed by atoms with van der Waals surface area (Å²) in [5.74, 6) is 0. The van der Waals surface area contributed by atoms with Crippen molar-refractivity contribution in [3.63, 3.8) is 0 Å². The molecule has 2 unspecified atom stereocenters. The van der Waals surface area contributed by atoms with E-state index in [0.29, 0.717) is 5.22 Å². The molecule has 2 atom stereocenters. The Bertz CT molecular complexity index is 489. The molecule has 0 spiro atoms. The molecule has 0 fully saturated rings. The number of hydrogen-bond acceptors (Lipinski definition) is 4. The van der Waals surface area contributed by atoms with Gasteiger partial charge in [0.1, 0.15) is 6.26 Å². The number of benzene rings is 1. The number of oxazole rings is 1. The number of thioether (sulfide) groups is 1. The second-order valence-corrected chi connectivity index (χ2v) is 5.88. The van der Waals surface area contributed by atoms with Crippen LogP contribution in [0.25, 0.3) is 0 Å². The van der Waals surface area contributed by atoms with Crippen LogP contribution in [0.2, 0.25) is 0 Å². The molecule has 2 N–H and O–H groups in total. The molecule has 1 aromatic carbocycles. The highest BCUT2D eigenvalue weighted by Gasteiger charge is 2.23. The fraction of sp³-hybridized carbons (Fsp3) is 0.308. The van der Waals surface area contributed by atoms with Gasteiger partial charge in [0.2, 0.25) is 0 Å². The van der Waals surface area contributed by atoms with Gasteiger partial charge in [0, 0.05) is 10.5 Å². The van der Waals surface area contributed by atoms with Gasteiger partial charge in [-0.2, -0.15) is 0 Å². The molecule has 1 heterocycles. The topological polar surface area (TPSA) is 52.0 Å². The van der Waals surface area contributed by atoms with Crippen LogP contribution in [0.4, 0.5) is 0 Å². The summed E-state index contributed by atoms with van der Waals surface area (Å²) in [6, 6.07) is 8.19. The van der Waals surface area contributed by atoms with Gasteiger partial charge in [0.05, 0.1) is 11.4 Å². The number of nitrogens with two attached hydrogens (primary N) is 1.